The zero-order valence-corrected chi connectivity index (χ0v) is 10.6. The smallest absolute Gasteiger partial charge is 0.0167 e. The minimum Gasteiger partial charge on any atom is -0.300 e. The highest BCUT2D eigenvalue weighted by Gasteiger charge is 2.33. The molecule has 1 fully saturated rings. The van der Waals surface area contributed by atoms with Crippen molar-refractivity contribution in [3.8, 4) is 0 Å². The van der Waals surface area contributed by atoms with Gasteiger partial charge in [0.05, 0.1) is 0 Å². The van der Waals surface area contributed by atoms with Crippen LogP contribution in [-0.2, 0) is 0 Å². The van der Waals surface area contributed by atoms with Gasteiger partial charge in [0.25, 0.3) is 0 Å². The molecule has 0 N–H and O–H groups in total. The summed E-state index contributed by atoms with van der Waals surface area (Å²) in [5.74, 6) is 0.771. The third-order valence-corrected chi connectivity index (χ3v) is 3.30. The zero-order valence-electron chi connectivity index (χ0n) is 10.6. The van der Waals surface area contributed by atoms with Gasteiger partial charge in [-0.15, -0.1) is 0 Å². The molecule has 1 heterocycles. The second-order valence-electron chi connectivity index (χ2n) is 6.15. The van der Waals surface area contributed by atoms with Crippen molar-refractivity contribution in [1.29, 1.82) is 0 Å². The maximum absolute atomic E-state index is 2.72. The Hall–Kier alpha value is -0.0400. The summed E-state index contributed by atoms with van der Waals surface area (Å²) in [4.78, 5) is 2.72. The molecule has 1 rings (SSSR count). The van der Waals surface area contributed by atoms with Gasteiger partial charge in [-0.25, -0.2) is 0 Å². The number of likely N-dealkylation sites (tertiary alicyclic amines) is 1. The van der Waals surface area contributed by atoms with Gasteiger partial charge in [0.15, 0.2) is 0 Å². The van der Waals surface area contributed by atoms with Gasteiger partial charge in [0.2, 0.25) is 0 Å². The fraction of sp³-hybridized carbons (Fsp3) is 1.00. The largest absolute Gasteiger partial charge is 0.300 e. The Morgan fingerprint density at radius 1 is 0.929 bits per heavy atom. The number of piperidine rings is 1. The van der Waals surface area contributed by atoms with E-state index in [9.17, 15) is 0 Å². The minimum atomic E-state index is 0.422. The average molecular weight is 197 g/mol. The molecule has 1 unspecified atom stereocenters. The van der Waals surface area contributed by atoms with Crippen LogP contribution in [0.4, 0.5) is 0 Å². The molecule has 1 aliphatic rings. The third-order valence-electron chi connectivity index (χ3n) is 3.30. The van der Waals surface area contributed by atoms with Gasteiger partial charge in [-0.1, -0.05) is 41.0 Å². The van der Waals surface area contributed by atoms with E-state index in [0.717, 1.165) is 12.0 Å². The van der Waals surface area contributed by atoms with E-state index in [4.69, 9.17) is 0 Å². The predicted octanol–water partition coefficient (Wildman–Crippen LogP) is 3.54. The molecule has 84 valence electrons. The van der Waals surface area contributed by atoms with E-state index in [-0.39, 0.29) is 0 Å². The first-order valence-electron chi connectivity index (χ1n) is 6.17. The van der Waals surface area contributed by atoms with Gasteiger partial charge >= 0.3 is 0 Å². The Bertz CT molecular complexity index is 161. The molecular formula is C13H27N. The van der Waals surface area contributed by atoms with Gasteiger partial charge in [-0.05, 0) is 37.3 Å². The summed E-state index contributed by atoms with van der Waals surface area (Å²) < 4.78 is 0. The van der Waals surface area contributed by atoms with E-state index < -0.39 is 0 Å². The van der Waals surface area contributed by atoms with Gasteiger partial charge in [0, 0.05) is 6.04 Å². The monoisotopic (exact) mass is 197 g/mol. The van der Waals surface area contributed by atoms with Gasteiger partial charge < -0.3 is 0 Å². The molecule has 0 aromatic carbocycles. The van der Waals surface area contributed by atoms with Crippen LogP contribution in [0.25, 0.3) is 0 Å². The maximum Gasteiger partial charge on any atom is 0.0167 e. The SMILES string of the molecule is CC(C)C(N1CCCCC1)C(C)(C)C. The molecule has 1 nitrogen and oxygen atoms in total. The predicted molar refractivity (Wildman–Crippen MR) is 63.5 cm³/mol. The average Bonchev–Trinajstić information content (AvgIpc) is 2.02. The van der Waals surface area contributed by atoms with Crippen molar-refractivity contribution in [1.82, 2.24) is 4.90 Å². The molecule has 0 radical (unpaired) electrons. The van der Waals surface area contributed by atoms with Crippen LogP contribution in [0.15, 0.2) is 0 Å². The Kier molecular flexibility index (Phi) is 4.00. The fourth-order valence-electron chi connectivity index (χ4n) is 3.17. The van der Waals surface area contributed by atoms with Gasteiger partial charge in [0.1, 0.15) is 0 Å². The molecule has 0 amide bonds. The molecule has 1 atom stereocenters. The summed E-state index contributed by atoms with van der Waals surface area (Å²) in [6.07, 6.45) is 4.24. The highest BCUT2D eigenvalue weighted by atomic mass is 15.2. The molecule has 0 aromatic heterocycles. The summed E-state index contributed by atoms with van der Waals surface area (Å²) >= 11 is 0. The first kappa shape index (κ1) is 12.0. The van der Waals surface area contributed by atoms with E-state index in [0.29, 0.717) is 5.41 Å². The molecule has 0 spiro atoms. The van der Waals surface area contributed by atoms with Gasteiger partial charge in [-0.3, -0.25) is 4.90 Å². The Balaban J connectivity index is 2.66. The first-order chi connectivity index (χ1) is 6.43. The van der Waals surface area contributed by atoms with Crippen LogP contribution in [-0.4, -0.2) is 24.0 Å². The lowest BCUT2D eigenvalue weighted by molar-refractivity contribution is 0.0476. The number of rotatable bonds is 2. The van der Waals surface area contributed by atoms with Crippen LogP contribution in [0.3, 0.4) is 0 Å². The quantitative estimate of drug-likeness (QED) is 0.654. The lowest BCUT2D eigenvalue weighted by atomic mass is 9.78. The summed E-state index contributed by atoms with van der Waals surface area (Å²) in [6, 6.07) is 0.753. The first-order valence-corrected chi connectivity index (χ1v) is 6.17. The molecule has 1 saturated heterocycles. The van der Waals surface area contributed by atoms with E-state index in [2.05, 4.69) is 39.5 Å². The van der Waals surface area contributed by atoms with Crippen molar-refractivity contribution in [2.45, 2.75) is 59.9 Å². The van der Waals surface area contributed by atoms with E-state index in [1.165, 1.54) is 32.4 Å². The second kappa shape index (κ2) is 4.65. The standard InChI is InChI=1S/C13H27N/c1-11(2)12(13(3,4)5)14-9-7-6-8-10-14/h11-12H,6-10H2,1-5H3. The zero-order chi connectivity index (χ0) is 10.8. The molecule has 1 aliphatic heterocycles. The Morgan fingerprint density at radius 2 is 1.43 bits per heavy atom. The highest BCUT2D eigenvalue weighted by molar-refractivity contribution is 4.86. The van der Waals surface area contributed by atoms with Gasteiger partial charge in [-0.2, -0.15) is 0 Å². The molecule has 14 heavy (non-hydrogen) atoms. The van der Waals surface area contributed by atoms with Crippen molar-refractivity contribution in [3.05, 3.63) is 0 Å². The maximum atomic E-state index is 2.72. The molecule has 0 saturated carbocycles. The number of hydrogen-bond donors (Lipinski definition) is 0. The van der Waals surface area contributed by atoms with Crippen molar-refractivity contribution in [3.63, 3.8) is 0 Å². The van der Waals surface area contributed by atoms with Crippen molar-refractivity contribution >= 4 is 0 Å². The van der Waals surface area contributed by atoms with Crippen LogP contribution in [0.1, 0.15) is 53.9 Å². The summed E-state index contributed by atoms with van der Waals surface area (Å²) in [7, 11) is 0. The summed E-state index contributed by atoms with van der Waals surface area (Å²) in [5.41, 5.74) is 0.422. The molecule has 1 heteroatoms. The van der Waals surface area contributed by atoms with Crippen molar-refractivity contribution in [2.75, 3.05) is 13.1 Å². The van der Waals surface area contributed by atoms with Crippen molar-refractivity contribution in [2.24, 2.45) is 11.3 Å². The van der Waals surface area contributed by atoms with Crippen molar-refractivity contribution < 1.29 is 0 Å². The minimum absolute atomic E-state index is 0.422. The second-order valence-corrected chi connectivity index (χ2v) is 6.15. The lowest BCUT2D eigenvalue weighted by Crippen LogP contribution is -2.49. The Morgan fingerprint density at radius 3 is 1.79 bits per heavy atom. The molecular weight excluding hydrogens is 170 g/mol. The van der Waals surface area contributed by atoms with Crippen LogP contribution in [0.5, 0.6) is 0 Å². The van der Waals surface area contributed by atoms with E-state index >= 15 is 0 Å². The van der Waals surface area contributed by atoms with Crippen LogP contribution in [0.2, 0.25) is 0 Å². The summed E-state index contributed by atoms with van der Waals surface area (Å²) in [5, 5.41) is 0. The van der Waals surface area contributed by atoms with Crippen LogP contribution < -0.4 is 0 Å². The normalized spacial score (nSPS) is 22.7. The number of nitrogens with zero attached hydrogens (tertiary/aromatic N) is 1. The highest BCUT2D eigenvalue weighted by Crippen LogP contribution is 2.31. The lowest BCUT2D eigenvalue weighted by Gasteiger charge is -2.44. The topological polar surface area (TPSA) is 3.24 Å². The summed E-state index contributed by atoms with van der Waals surface area (Å²) in [6.45, 7) is 14.5. The molecule has 0 bridgehead atoms. The van der Waals surface area contributed by atoms with Crippen LogP contribution >= 0.6 is 0 Å². The number of hydrogen-bond acceptors (Lipinski definition) is 1. The fourth-order valence-corrected chi connectivity index (χ4v) is 3.17. The van der Waals surface area contributed by atoms with Crippen LogP contribution in [0, 0.1) is 11.3 Å². The van der Waals surface area contributed by atoms with E-state index in [1.54, 1.807) is 0 Å². The molecule has 0 aliphatic carbocycles. The molecule has 0 aromatic rings. The third kappa shape index (κ3) is 2.98. The Labute approximate surface area is 89.9 Å². The van der Waals surface area contributed by atoms with E-state index in [1.807, 2.05) is 0 Å².